The minimum atomic E-state index is -0.444. The number of anilines is 1. The molecule has 1 aliphatic heterocycles. The number of amides is 2. The van der Waals surface area contributed by atoms with Gasteiger partial charge in [0.15, 0.2) is 0 Å². The summed E-state index contributed by atoms with van der Waals surface area (Å²) in [5.74, 6) is -0.227. The fourth-order valence-corrected chi connectivity index (χ4v) is 3.94. The standard InChI is InChI=1S/C24H25N3O2/c1-17-7-3-8-18(15-17)19-9-4-10-20(16-19)25-23(28)21-11-6-14-27(21)24(29)22-12-5-13-26(22)2/h3-5,7-10,12-13,15-16,21H,6,11,14H2,1-2H3,(H,25,28)/t21-/m0/s1. The van der Waals surface area contributed by atoms with Crippen molar-refractivity contribution >= 4 is 17.5 Å². The molecule has 1 fully saturated rings. The average molecular weight is 387 g/mol. The van der Waals surface area contributed by atoms with Gasteiger partial charge in [0.1, 0.15) is 11.7 Å². The highest BCUT2D eigenvalue weighted by Gasteiger charge is 2.35. The van der Waals surface area contributed by atoms with Gasteiger partial charge in [-0.1, -0.05) is 42.0 Å². The van der Waals surface area contributed by atoms with Crippen LogP contribution in [0.1, 0.15) is 28.9 Å². The van der Waals surface area contributed by atoms with E-state index in [-0.39, 0.29) is 11.8 Å². The Morgan fingerprint density at radius 1 is 1.00 bits per heavy atom. The van der Waals surface area contributed by atoms with E-state index in [0.29, 0.717) is 18.7 Å². The summed E-state index contributed by atoms with van der Waals surface area (Å²) in [4.78, 5) is 27.6. The average Bonchev–Trinajstić information content (AvgIpc) is 3.37. The Morgan fingerprint density at radius 3 is 2.48 bits per heavy atom. The highest BCUT2D eigenvalue weighted by Crippen LogP contribution is 2.25. The first-order valence-corrected chi connectivity index (χ1v) is 9.93. The van der Waals surface area contributed by atoms with Gasteiger partial charge in [-0.3, -0.25) is 9.59 Å². The lowest BCUT2D eigenvalue weighted by molar-refractivity contribution is -0.119. The maximum absolute atomic E-state index is 13.0. The van der Waals surface area contributed by atoms with E-state index >= 15 is 0 Å². The van der Waals surface area contributed by atoms with Crippen LogP contribution in [0.5, 0.6) is 0 Å². The van der Waals surface area contributed by atoms with Crippen LogP contribution in [-0.4, -0.2) is 33.9 Å². The van der Waals surface area contributed by atoms with Crippen molar-refractivity contribution in [2.45, 2.75) is 25.8 Å². The topological polar surface area (TPSA) is 54.3 Å². The van der Waals surface area contributed by atoms with Gasteiger partial charge in [-0.25, -0.2) is 0 Å². The van der Waals surface area contributed by atoms with Gasteiger partial charge in [-0.2, -0.15) is 0 Å². The number of carbonyl (C=O) groups excluding carboxylic acids is 2. The van der Waals surface area contributed by atoms with Crippen LogP contribution < -0.4 is 5.32 Å². The second kappa shape index (κ2) is 7.95. The van der Waals surface area contributed by atoms with E-state index in [1.807, 2.05) is 49.6 Å². The minimum absolute atomic E-state index is 0.0938. The van der Waals surface area contributed by atoms with Crippen molar-refractivity contribution in [1.29, 1.82) is 0 Å². The first kappa shape index (κ1) is 19.0. The van der Waals surface area contributed by atoms with E-state index in [4.69, 9.17) is 0 Å². The van der Waals surface area contributed by atoms with Crippen LogP contribution in [0, 0.1) is 6.92 Å². The van der Waals surface area contributed by atoms with Crippen LogP contribution in [0.3, 0.4) is 0 Å². The molecule has 29 heavy (non-hydrogen) atoms. The molecule has 1 atom stereocenters. The Balaban J connectivity index is 1.51. The van der Waals surface area contributed by atoms with E-state index in [9.17, 15) is 9.59 Å². The molecule has 0 spiro atoms. The maximum Gasteiger partial charge on any atom is 0.271 e. The number of rotatable bonds is 4. The smallest absolute Gasteiger partial charge is 0.271 e. The van der Waals surface area contributed by atoms with Crippen molar-refractivity contribution < 1.29 is 9.59 Å². The number of benzene rings is 2. The number of aromatic nitrogens is 1. The number of likely N-dealkylation sites (tertiary alicyclic amines) is 1. The second-order valence-electron chi connectivity index (χ2n) is 7.60. The molecule has 1 aliphatic rings. The molecule has 0 bridgehead atoms. The first-order valence-electron chi connectivity index (χ1n) is 9.93. The Hall–Kier alpha value is -3.34. The monoisotopic (exact) mass is 387 g/mol. The summed E-state index contributed by atoms with van der Waals surface area (Å²) < 4.78 is 1.79. The van der Waals surface area contributed by atoms with Crippen LogP contribution in [0.25, 0.3) is 11.1 Å². The van der Waals surface area contributed by atoms with Crippen LogP contribution in [-0.2, 0) is 11.8 Å². The molecule has 4 rings (SSSR count). The number of hydrogen-bond acceptors (Lipinski definition) is 2. The third-order valence-electron chi connectivity index (χ3n) is 5.46. The lowest BCUT2D eigenvalue weighted by Gasteiger charge is -2.24. The number of nitrogens with zero attached hydrogens (tertiary/aromatic N) is 2. The van der Waals surface area contributed by atoms with Crippen molar-refractivity contribution in [2.75, 3.05) is 11.9 Å². The third-order valence-corrected chi connectivity index (χ3v) is 5.46. The number of carbonyl (C=O) groups is 2. The molecule has 2 heterocycles. The van der Waals surface area contributed by atoms with E-state index < -0.39 is 6.04 Å². The maximum atomic E-state index is 13.0. The van der Waals surface area contributed by atoms with Gasteiger partial charge in [0.05, 0.1) is 0 Å². The summed E-state index contributed by atoms with van der Waals surface area (Å²) in [6.45, 7) is 2.67. The van der Waals surface area contributed by atoms with Gasteiger partial charge in [-0.15, -0.1) is 0 Å². The largest absolute Gasteiger partial charge is 0.347 e. The molecular weight excluding hydrogens is 362 g/mol. The van der Waals surface area contributed by atoms with E-state index in [1.54, 1.807) is 15.5 Å². The molecule has 5 heteroatoms. The quantitative estimate of drug-likeness (QED) is 0.728. The highest BCUT2D eigenvalue weighted by atomic mass is 16.2. The number of nitrogens with one attached hydrogen (secondary N) is 1. The zero-order valence-electron chi connectivity index (χ0n) is 16.8. The zero-order valence-corrected chi connectivity index (χ0v) is 16.8. The molecule has 0 saturated carbocycles. The molecule has 1 aromatic heterocycles. The molecule has 0 radical (unpaired) electrons. The van der Waals surface area contributed by atoms with Crippen LogP contribution in [0.4, 0.5) is 5.69 Å². The van der Waals surface area contributed by atoms with Gasteiger partial charge in [0.2, 0.25) is 5.91 Å². The van der Waals surface area contributed by atoms with Crippen molar-refractivity contribution in [2.24, 2.45) is 7.05 Å². The van der Waals surface area contributed by atoms with E-state index in [1.165, 1.54) is 5.56 Å². The summed E-state index contributed by atoms with van der Waals surface area (Å²) in [6.07, 6.45) is 3.35. The second-order valence-corrected chi connectivity index (χ2v) is 7.60. The van der Waals surface area contributed by atoms with E-state index in [0.717, 1.165) is 23.2 Å². The van der Waals surface area contributed by atoms with Crippen LogP contribution >= 0.6 is 0 Å². The summed E-state index contributed by atoms with van der Waals surface area (Å²) in [5, 5.41) is 3.01. The molecule has 1 N–H and O–H groups in total. The predicted molar refractivity (Wildman–Crippen MR) is 115 cm³/mol. The van der Waals surface area contributed by atoms with Crippen molar-refractivity contribution in [1.82, 2.24) is 9.47 Å². The molecule has 1 saturated heterocycles. The predicted octanol–water partition coefficient (Wildman–Crippen LogP) is 4.24. The van der Waals surface area contributed by atoms with Crippen molar-refractivity contribution in [3.63, 3.8) is 0 Å². The molecule has 2 aromatic carbocycles. The molecule has 5 nitrogen and oxygen atoms in total. The summed E-state index contributed by atoms with van der Waals surface area (Å²) >= 11 is 0. The number of hydrogen-bond donors (Lipinski definition) is 1. The lowest BCUT2D eigenvalue weighted by atomic mass is 10.0. The molecule has 2 amide bonds. The Labute approximate surface area is 171 Å². The van der Waals surface area contributed by atoms with Crippen molar-refractivity contribution in [3.8, 4) is 11.1 Å². The molecule has 0 unspecified atom stereocenters. The summed E-state index contributed by atoms with van der Waals surface area (Å²) in [6, 6.07) is 19.3. The van der Waals surface area contributed by atoms with Gasteiger partial charge in [0.25, 0.3) is 5.91 Å². The molecular formula is C24H25N3O2. The third kappa shape index (κ3) is 3.94. The SMILES string of the molecule is Cc1cccc(-c2cccc(NC(=O)[C@@H]3CCCN3C(=O)c3cccn3C)c2)c1. The highest BCUT2D eigenvalue weighted by molar-refractivity contribution is 6.01. The zero-order chi connectivity index (χ0) is 20.4. The normalized spacial score (nSPS) is 16.1. The fraction of sp³-hybridized carbons (Fsp3) is 0.250. The first-order chi connectivity index (χ1) is 14.0. The Morgan fingerprint density at radius 2 is 1.76 bits per heavy atom. The number of aryl methyl sites for hydroxylation is 2. The molecule has 0 aliphatic carbocycles. The Bertz CT molecular complexity index is 1050. The lowest BCUT2D eigenvalue weighted by Crippen LogP contribution is -2.43. The van der Waals surface area contributed by atoms with Crippen molar-refractivity contribution in [3.05, 3.63) is 78.1 Å². The summed E-state index contributed by atoms with van der Waals surface area (Å²) in [5.41, 5.74) is 4.70. The molecule has 148 valence electrons. The minimum Gasteiger partial charge on any atom is -0.347 e. The molecule has 3 aromatic rings. The van der Waals surface area contributed by atoms with E-state index in [2.05, 4.69) is 30.4 Å². The van der Waals surface area contributed by atoms with Gasteiger partial charge >= 0.3 is 0 Å². The van der Waals surface area contributed by atoms with Crippen LogP contribution in [0.15, 0.2) is 66.9 Å². The van der Waals surface area contributed by atoms with Crippen LogP contribution in [0.2, 0.25) is 0 Å². The van der Waals surface area contributed by atoms with Gasteiger partial charge < -0.3 is 14.8 Å². The van der Waals surface area contributed by atoms with Gasteiger partial charge in [-0.05, 0) is 55.2 Å². The fourth-order valence-electron chi connectivity index (χ4n) is 3.94. The Kier molecular flexibility index (Phi) is 5.21. The summed E-state index contributed by atoms with van der Waals surface area (Å²) in [7, 11) is 1.84. The van der Waals surface area contributed by atoms with Gasteiger partial charge in [0, 0.05) is 25.5 Å².